The number of esters is 3. The van der Waals surface area contributed by atoms with Crippen LogP contribution in [-0.4, -0.2) is 90.5 Å². The van der Waals surface area contributed by atoms with Gasteiger partial charge in [-0.3, -0.25) is 19.7 Å². The van der Waals surface area contributed by atoms with E-state index in [2.05, 4.69) is 0 Å². The number of rotatable bonds is 8. The molecule has 15 nitrogen and oxygen atoms in total. The molecule has 0 unspecified atom stereocenters. The summed E-state index contributed by atoms with van der Waals surface area (Å²) in [4.78, 5) is 46.3. The third-order valence-corrected chi connectivity index (χ3v) is 6.39. The molecule has 0 spiro atoms. The Bertz CT molecular complexity index is 1060. The van der Waals surface area contributed by atoms with Crippen LogP contribution in [0.4, 0.5) is 10.1 Å². The highest BCUT2D eigenvalue weighted by molar-refractivity contribution is 5.89. The Hall–Kier alpha value is -3.28. The largest absolute Gasteiger partial charge is 0.457 e. The van der Waals surface area contributed by atoms with Gasteiger partial charge in [-0.1, -0.05) is 0 Å². The molecule has 8 N–H and O–H groups in total. The predicted octanol–water partition coefficient (Wildman–Crippen LogP) is -1.22. The number of nitrogens with two attached hydrogens (primary N) is 4. The maximum Gasteiger partial charge on any atom is 0.338 e. The van der Waals surface area contributed by atoms with Crippen LogP contribution in [0.25, 0.3) is 0 Å². The zero-order valence-electron chi connectivity index (χ0n) is 21.2. The fourth-order valence-electron chi connectivity index (χ4n) is 4.54. The lowest BCUT2D eigenvalue weighted by molar-refractivity contribution is -0.384. The highest BCUT2D eigenvalue weighted by Gasteiger charge is 2.52. The van der Waals surface area contributed by atoms with Gasteiger partial charge in [0, 0.05) is 44.6 Å². The molecule has 39 heavy (non-hydrogen) atoms. The maximum atomic E-state index is 15.5. The Labute approximate surface area is 222 Å². The average Bonchev–Trinajstić information content (AvgIpc) is 2.87. The molecule has 3 rings (SSSR count). The van der Waals surface area contributed by atoms with Crippen LogP contribution in [0.3, 0.4) is 0 Å². The number of ether oxygens (including phenoxy) is 5. The van der Waals surface area contributed by atoms with Gasteiger partial charge in [-0.15, -0.1) is 0 Å². The highest BCUT2D eigenvalue weighted by Crippen LogP contribution is 2.32. The lowest BCUT2D eigenvalue weighted by atomic mass is 9.84. The fourth-order valence-corrected chi connectivity index (χ4v) is 4.54. The molecule has 1 aromatic carbocycles. The molecular formula is C23H32FN5O10. The van der Waals surface area contributed by atoms with E-state index in [4.69, 9.17) is 46.6 Å². The van der Waals surface area contributed by atoms with Crippen molar-refractivity contribution in [2.45, 2.75) is 81.4 Å². The van der Waals surface area contributed by atoms with Crippen molar-refractivity contribution >= 4 is 23.6 Å². The van der Waals surface area contributed by atoms with Gasteiger partial charge in [0.15, 0.2) is 30.8 Å². The molecule has 0 bridgehead atoms. The van der Waals surface area contributed by atoms with Crippen molar-refractivity contribution in [3.8, 4) is 0 Å². The number of nitrogens with zero attached hydrogens (tertiary/aromatic N) is 1. The van der Waals surface area contributed by atoms with Gasteiger partial charge in [-0.2, -0.15) is 0 Å². The molecule has 0 aromatic heterocycles. The summed E-state index contributed by atoms with van der Waals surface area (Å²) >= 11 is 0. The van der Waals surface area contributed by atoms with Crippen molar-refractivity contribution < 1.29 is 47.4 Å². The molecule has 10 atom stereocenters. The monoisotopic (exact) mass is 557 g/mol. The van der Waals surface area contributed by atoms with Crippen LogP contribution in [0.1, 0.15) is 30.6 Å². The van der Waals surface area contributed by atoms with Gasteiger partial charge in [0.05, 0.1) is 16.5 Å². The molecule has 0 amide bonds. The van der Waals surface area contributed by atoms with E-state index in [1.807, 2.05) is 0 Å². The zero-order valence-corrected chi connectivity index (χ0v) is 21.2. The summed E-state index contributed by atoms with van der Waals surface area (Å²) in [7, 11) is 0. The smallest absolute Gasteiger partial charge is 0.338 e. The van der Waals surface area contributed by atoms with Crippen molar-refractivity contribution in [2.75, 3.05) is 6.54 Å². The van der Waals surface area contributed by atoms with Crippen LogP contribution in [0.5, 0.6) is 0 Å². The average molecular weight is 558 g/mol. The topological polar surface area (TPSA) is 245 Å². The van der Waals surface area contributed by atoms with Crippen LogP contribution in [0, 0.1) is 10.1 Å². The van der Waals surface area contributed by atoms with Crippen molar-refractivity contribution in [3.05, 3.63) is 39.9 Å². The van der Waals surface area contributed by atoms with Crippen LogP contribution < -0.4 is 22.9 Å². The molecular weight excluding hydrogens is 525 g/mol. The van der Waals surface area contributed by atoms with E-state index >= 15 is 4.39 Å². The second kappa shape index (κ2) is 12.7. The van der Waals surface area contributed by atoms with E-state index in [9.17, 15) is 24.5 Å². The van der Waals surface area contributed by atoms with E-state index in [-0.39, 0.29) is 24.2 Å². The third kappa shape index (κ3) is 7.03. The van der Waals surface area contributed by atoms with Crippen LogP contribution in [0.15, 0.2) is 24.3 Å². The molecule has 1 saturated heterocycles. The lowest BCUT2D eigenvalue weighted by Gasteiger charge is -2.47. The van der Waals surface area contributed by atoms with Crippen molar-refractivity contribution in [1.82, 2.24) is 0 Å². The van der Waals surface area contributed by atoms with Crippen LogP contribution in [0.2, 0.25) is 0 Å². The molecule has 1 heterocycles. The molecule has 1 aliphatic heterocycles. The number of nitro benzene ring substituents is 1. The molecule has 16 heteroatoms. The Morgan fingerprint density at radius 1 is 0.974 bits per heavy atom. The first-order chi connectivity index (χ1) is 18.3. The Morgan fingerprint density at radius 2 is 1.54 bits per heavy atom. The van der Waals surface area contributed by atoms with Gasteiger partial charge in [-0.05, 0) is 18.6 Å². The zero-order chi connectivity index (χ0) is 29.0. The highest BCUT2D eigenvalue weighted by atomic mass is 19.1. The quantitative estimate of drug-likeness (QED) is 0.127. The Morgan fingerprint density at radius 3 is 2.08 bits per heavy atom. The van der Waals surface area contributed by atoms with Crippen LogP contribution >= 0.6 is 0 Å². The summed E-state index contributed by atoms with van der Waals surface area (Å²) in [6, 6.07) is 1.35. The van der Waals surface area contributed by atoms with Gasteiger partial charge in [0.25, 0.3) is 5.69 Å². The summed E-state index contributed by atoms with van der Waals surface area (Å²) in [6.45, 7) is 1.97. The second-order valence-corrected chi connectivity index (χ2v) is 9.29. The first kappa shape index (κ1) is 30.3. The summed E-state index contributed by atoms with van der Waals surface area (Å²) in [5, 5.41) is 10.8. The molecule has 1 aliphatic carbocycles. The Kier molecular flexibility index (Phi) is 9.87. The number of benzene rings is 1. The van der Waals surface area contributed by atoms with Crippen molar-refractivity contribution in [3.63, 3.8) is 0 Å². The number of non-ortho nitro benzene ring substituents is 1. The normalized spacial score (nSPS) is 34.5. The molecule has 1 aromatic rings. The van der Waals surface area contributed by atoms with E-state index < -0.39 is 83.9 Å². The van der Waals surface area contributed by atoms with Gasteiger partial charge in [0.1, 0.15) is 12.2 Å². The first-order valence-electron chi connectivity index (χ1n) is 12.1. The second-order valence-electron chi connectivity index (χ2n) is 9.29. The minimum Gasteiger partial charge on any atom is -0.457 e. The maximum absolute atomic E-state index is 15.5. The Balaban J connectivity index is 1.77. The summed E-state index contributed by atoms with van der Waals surface area (Å²) < 4.78 is 43.1. The number of hydrogen-bond acceptors (Lipinski definition) is 14. The molecule has 2 fully saturated rings. The summed E-state index contributed by atoms with van der Waals surface area (Å²) in [5.74, 6) is -2.40. The van der Waals surface area contributed by atoms with Crippen molar-refractivity contribution in [1.29, 1.82) is 0 Å². The van der Waals surface area contributed by atoms with E-state index in [0.717, 1.165) is 38.1 Å². The van der Waals surface area contributed by atoms with Gasteiger partial charge in [0.2, 0.25) is 0 Å². The number of alkyl halides is 1. The number of hydrogen-bond donors (Lipinski definition) is 4. The standard InChI is InChI=1S/C23H32FN5O10/c1-9(30)35-18-13(26)7-14(27)19(21(18)36-10(2)31)39-23-17(28)16(24)20(15(8-25)37-23)38-22(32)11-3-5-12(6-4-11)29(33)34/h3-6,13-21,23H,7-8,25-28H2,1-2H3/t13-,14+,15-,16-,17-,18+,19-,20+,21-,23-/m1/s1. The van der Waals surface area contributed by atoms with Crippen molar-refractivity contribution in [2.24, 2.45) is 22.9 Å². The molecule has 216 valence electrons. The van der Waals surface area contributed by atoms with E-state index in [1.54, 1.807) is 0 Å². The minimum absolute atomic E-state index is 0.0687. The van der Waals surface area contributed by atoms with Gasteiger partial charge < -0.3 is 46.6 Å². The number of carbonyl (C=O) groups excluding carboxylic acids is 3. The van der Waals surface area contributed by atoms with Gasteiger partial charge >= 0.3 is 17.9 Å². The summed E-state index contributed by atoms with van der Waals surface area (Å²) in [5.41, 5.74) is 23.8. The SMILES string of the molecule is CC(=O)O[C@@H]1[C@@H](OC(C)=O)[C@H](N)C[C@H](N)[C@H]1O[C@H]1O[C@H](CN)[C@H](OC(=O)c2ccc([N+](=O)[O-])cc2)[C@H](F)[C@H]1N. The molecule has 1 saturated carbocycles. The molecule has 2 aliphatic rings. The van der Waals surface area contributed by atoms with Crippen LogP contribution in [-0.2, 0) is 33.3 Å². The fraction of sp³-hybridized carbons (Fsp3) is 0.609. The summed E-state index contributed by atoms with van der Waals surface area (Å²) in [6.07, 6.45) is -9.71. The third-order valence-electron chi connectivity index (χ3n) is 6.39. The first-order valence-corrected chi connectivity index (χ1v) is 12.1. The van der Waals surface area contributed by atoms with E-state index in [0.29, 0.717) is 0 Å². The minimum atomic E-state index is -2.03. The van der Waals surface area contributed by atoms with Gasteiger partial charge in [-0.25, -0.2) is 9.18 Å². The molecule has 0 radical (unpaired) electrons. The lowest BCUT2D eigenvalue weighted by Crippen LogP contribution is -2.68. The predicted molar refractivity (Wildman–Crippen MR) is 129 cm³/mol. The number of halogens is 1. The van der Waals surface area contributed by atoms with E-state index in [1.165, 1.54) is 0 Å². The number of nitro groups is 1. The number of carbonyl (C=O) groups is 3.